The van der Waals surface area contributed by atoms with Crippen LogP contribution in [0.5, 0.6) is 11.5 Å². The van der Waals surface area contributed by atoms with Crippen LogP contribution in [0.4, 0.5) is 0 Å². The number of aryl methyl sites for hydroxylation is 1. The summed E-state index contributed by atoms with van der Waals surface area (Å²) in [5.74, 6) is 1.17. The Morgan fingerprint density at radius 3 is 2.15 bits per heavy atom. The second-order valence-corrected chi connectivity index (χ2v) is 7.92. The molecule has 2 N–H and O–H groups in total. The molecule has 0 spiro atoms. The Balaban J connectivity index is 1.69. The summed E-state index contributed by atoms with van der Waals surface area (Å²) in [6.07, 6.45) is 0.712. The Hall–Kier alpha value is -3.99. The van der Waals surface area contributed by atoms with Crippen molar-refractivity contribution in [3.05, 3.63) is 95.7 Å². The maximum atomic E-state index is 12.1. The highest BCUT2D eigenvalue weighted by Crippen LogP contribution is 2.30. The van der Waals surface area contributed by atoms with Crippen LogP contribution in [0.1, 0.15) is 21.6 Å². The fourth-order valence-electron chi connectivity index (χ4n) is 4.20. The predicted molar refractivity (Wildman–Crippen MR) is 132 cm³/mol. The minimum atomic E-state index is -0.424. The SMILES string of the molecule is COc1ccc(OC)c(CCn2c(-c3ccc(-c4ccccc4)cc3)cc(C(N)=O)c2C)c1. The number of nitrogens with zero attached hydrogens (tertiary/aromatic N) is 1. The van der Waals surface area contributed by atoms with Crippen molar-refractivity contribution in [2.75, 3.05) is 14.2 Å². The maximum absolute atomic E-state index is 12.1. The molecule has 0 fully saturated rings. The van der Waals surface area contributed by atoms with E-state index in [0.29, 0.717) is 18.5 Å². The van der Waals surface area contributed by atoms with Gasteiger partial charge < -0.3 is 19.8 Å². The Kier molecular flexibility index (Phi) is 6.50. The lowest BCUT2D eigenvalue weighted by atomic mass is 10.0. The summed E-state index contributed by atoms with van der Waals surface area (Å²) < 4.78 is 13.1. The summed E-state index contributed by atoms with van der Waals surface area (Å²) in [6, 6.07) is 26.3. The van der Waals surface area contributed by atoms with Crippen molar-refractivity contribution < 1.29 is 14.3 Å². The minimum Gasteiger partial charge on any atom is -0.497 e. The van der Waals surface area contributed by atoms with Gasteiger partial charge >= 0.3 is 0 Å². The van der Waals surface area contributed by atoms with E-state index in [1.807, 2.05) is 49.4 Å². The van der Waals surface area contributed by atoms with Crippen molar-refractivity contribution >= 4 is 5.91 Å². The molecule has 4 rings (SSSR count). The summed E-state index contributed by atoms with van der Waals surface area (Å²) >= 11 is 0. The number of aromatic nitrogens is 1. The molecule has 5 heteroatoms. The number of hydrogen-bond donors (Lipinski definition) is 1. The van der Waals surface area contributed by atoms with Crippen LogP contribution < -0.4 is 15.2 Å². The number of hydrogen-bond acceptors (Lipinski definition) is 3. The van der Waals surface area contributed by atoms with E-state index < -0.39 is 5.91 Å². The van der Waals surface area contributed by atoms with Gasteiger partial charge in [0.05, 0.1) is 19.8 Å². The van der Waals surface area contributed by atoms with Crippen LogP contribution >= 0.6 is 0 Å². The topological polar surface area (TPSA) is 66.5 Å². The first kappa shape index (κ1) is 22.2. The highest BCUT2D eigenvalue weighted by atomic mass is 16.5. The number of primary amides is 1. The molecule has 0 aliphatic carbocycles. The van der Waals surface area contributed by atoms with Crippen LogP contribution in [-0.4, -0.2) is 24.7 Å². The van der Waals surface area contributed by atoms with E-state index in [9.17, 15) is 4.79 Å². The molecule has 0 atom stereocenters. The van der Waals surface area contributed by atoms with E-state index in [0.717, 1.165) is 39.6 Å². The van der Waals surface area contributed by atoms with Crippen molar-refractivity contribution in [1.29, 1.82) is 0 Å². The van der Waals surface area contributed by atoms with Crippen molar-refractivity contribution in [2.45, 2.75) is 19.9 Å². The zero-order chi connectivity index (χ0) is 23.4. The zero-order valence-corrected chi connectivity index (χ0v) is 19.2. The molecule has 1 amide bonds. The third kappa shape index (κ3) is 4.62. The number of benzene rings is 3. The van der Waals surface area contributed by atoms with E-state index in [1.54, 1.807) is 14.2 Å². The molecule has 0 radical (unpaired) electrons. The van der Waals surface area contributed by atoms with Gasteiger partial charge in [-0.3, -0.25) is 4.79 Å². The number of ether oxygens (including phenoxy) is 2. The van der Waals surface area contributed by atoms with E-state index in [1.165, 1.54) is 5.56 Å². The smallest absolute Gasteiger partial charge is 0.250 e. The summed E-state index contributed by atoms with van der Waals surface area (Å²) in [4.78, 5) is 12.1. The zero-order valence-electron chi connectivity index (χ0n) is 19.2. The molecule has 5 nitrogen and oxygen atoms in total. The summed E-state index contributed by atoms with van der Waals surface area (Å²) in [5.41, 5.74) is 12.4. The number of nitrogens with two attached hydrogens (primary N) is 1. The highest BCUT2D eigenvalue weighted by Gasteiger charge is 2.17. The predicted octanol–water partition coefficient (Wildman–Crippen LogP) is 5.49. The van der Waals surface area contributed by atoms with Crippen LogP contribution in [-0.2, 0) is 13.0 Å². The molecule has 3 aromatic carbocycles. The third-order valence-corrected chi connectivity index (χ3v) is 6.01. The molecule has 33 heavy (non-hydrogen) atoms. The van der Waals surface area contributed by atoms with Crippen LogP contribution in [0.25, 0.3) is 22.4 Å². The van der Waals surface area contributed by atoms with Gasteiger partial charge in [-0.15, -0.1) is 0 Å². The maximum Gasteiger partial charge on any atom is 0.250 e. The number of carbonyl (C=O) groups excluding carboxylic acids is 1. The standard InChI is InChI=1S/C28H28N2O3/c1-19-25(28(29)31)18-26(22-11-9-21(10-12-22)20-7-5-4-6-8-20)30(19)16-15-23-17-24(32-2)13-14-27(23)33-3/h4-14,17-18H,15-16H2,1-3H3,(H2,29,31). The van der Waals surface area contributed by atoms with Gasteiger partial charge in [-0.25, -0.2) is 0 Å². The van der Waals surface area contributed by atoms with Crippen LogP contribution in [0.3, 0.4) is 0 Å². The van der Waals surface area contributed by atoms with Gasteiger partial charge in [0.15, 0.2) is 0 Å². The second-order valence-electron chi connectivity index (χ2n) is 7.92. The number of rotatable bonds is 8. The lowest BCUT2D eigenvalue weighted by Crippen LogP contribution is -2.13. The second kappa shape index (κ2) is 9.65. The van der Waals surface area contributed by atoms with Gasteiger partial charge in [0.2, 0.25) is 0 Å². The summed E-state index contributed by atoms with van der Waals surface area (Å²) in [5, 5.41) is 0. The van der Waals surface area contributed by atoms with Crippen molar-refractivity contribution in [3.8, 4) is 33.9 Å². The van der Waals surface area contributed by atoms with Gasteiger partial charge in [-0.05, 0) is 59.9 Å². The van der Waals surface area contributed by atoms with E-state index in [2.05, 4.69) is 41.0 Å². The molecule has 168 valence electrons. The first-order valence-electron chi connectivity index (χ1n) is 10.9. The quantitative estimate of drug-likeness (QED) is 0.394. The molecule has 1 aromatic heterocycles. The molecule has 0 bridgehead atoms. The van der Waals surface area contributed by atoms with Crippen LogP contribution in [0, 0.1) is 6.92 Å². The molecule has 0 aliphatic heterocycles. The normalized spacial score (nSPS) is 10.8. The fourth-order valence-corrected chi connectivity index (χ4v) is 4.20. The third-order valence-electron chi connectivity index (χ3n) is 6.01. The van der Waals surface area contributed by atoms with Crippen molar-refractivity contribution in [3.63, 3.8) is 0 Å². The Labute approximate surface area is 194 Å². The Morgan fingerprint density at radius 2 is 1.52 bits per heavy atom. The van der Waals surface area contributed by atoms with Gasteiger partial charge in [-0.1, -0.05) is 54.6 Å². The molecule has 0 saturated heterocycles. The minimum absolute atomic E-state index is 0.424. The first-order chi connectivity index (χ1) is 16.0. The number of amides is 1. The number of carbonyl (C=O) groups is 1. The van der Waals surface area contributed by atoms with Gasteiger partial charge in [0, 0.05) is 17.9 Å². The average Bonchev–Trinajstić information content (AvgIpc) is 3.19. The van der Waals surface area contributed by atoms with Gasteiger partial charge in [-0.2, -0.15) is 0 Å². The molecular weight excluding hydrogens is 412 g/mol. The van der Waals surface area contributed by atoms with E-state index >= 15 is 0 Å². The molecule has 0 unspecified atom stereocenters. The van der Waals surface area contributed by atoms with Crippen molar-refractivity contribution in [2.24, 2.45) is 5.73 Å². The lowest BCUT2D eigenvalue weighted by Gasteiger charge is -2.15. The Bertz CT molecular complexity index is 1260. The van der Waals surface area contributed by atoms with E-state index in [-0.39, 0.29) is 0 Å². The van der Waals surface area contributed by atoms with Crippen LogP contribution in [0.2, 0.25) is 0 Å². The van der Waals surface area contributed by atoms with Crippen molar-refractivity contribution in [1.82, 2.24) is 4.57 Å². The molecular formula is C28H28N2O3. The molecule has 0 aliphatic rings. The molecule has 4 aromatic rings. The van der Waals surface area contributed by atoms with E-state index in [4.69, 9.17) is 15.2 Å². The summed E-state index contributed by atoms with van der Waals surface area (Å²) in [6.45, 7) is 2.60. The van der Waals surface area contributed by atoms with Crippen LogP contribution in [0.15, 0.2) is 78.9 Å². The van der Waals surface area contributed by atoms with Gasteiger partial charge in [0.1, 0.15) is 11.5 Å². The fraction of sp³-hybridized carbons (Fsp3) is 0.179. The first-order valence-corrected chi connectivity index (χ1v) is 10.9. The summed E-state index contributed by atoms with van der Waals surface area (Å²) in [7, 11) is 3.31. The number of methoxy groups -OCH3 is 2. The monoisotopic (exact) mass is 440 g/mol. The van der Waals surface area contributed by atoms with Gasteiger partial charge in [0.25, 0.3) is 5.91 Å². The average molecular weight is 441 g/mol. The highest BCUT2D eigenvalue weighted by molar-refractivity contribution is 5.95. The molecule has 0 saturated carbocycles. The lowest BCUT2D eigenvalue weighted by molar-refractivity contribution is 0.0999. The largest absolute Gasteiger partial charge is 0.497 e. The Morgan fingerprint density at radius 1 is 0.848 bits per heavy atom. The molecule has 1 heterocycles.